The number of nitrogens with zero attached hydrogens (tertiary/aromatic N) is 3. The maximum Gasteiger partial charge on any atom is 0.271 e. The third kappa shape index (κ3) is 3.46. The Morgan fingerprint density at radius 2 is 1.81 bits per heavy atom. The number of carbonyl (C=O) groups excluding carboxylic acids is 2. The second-order valence-corrected chi connectivity index (χ2v) is 6.92. The normalized spacial score (nSPS) is 19.5. The van der Waals surface area contributed by atoms with E-state index in [1.165, 1.54) is 4.90 Å². The molecule has 1 aromatic heterocycles. The molecule has 0 bridgehead atoms. The van der Waals surface area contributed by atoms with E-state index in [2.05, 4.69) is 4.98 Å². The minimum absolute atomic E-state index is 0.0901. The number of hydrogen-bond acceptors (Lipinski definition) is 4. The van der Waals surface area contributed by atoms with Crippen molar-refractivity contribution >= 4 is 11.8 Å². The van der Waals surface area contributed by atoms with Crippen molar-refractivity contribution in [3.8, 4) is 0 Å². The Kier molecular flexibility index (Phi) is 5.04. The van der Waals surface area contributed by atoms with Crippen LogP contribution < -0.4 is 5.73 Å². The summed E-state index contributed by atoms with van der Waals surface area (Å²) in [5.41, 5.74) is 8.85. The molecule has 1 aliphatic heterocycles. The molecule has 1 aliphatic rings. The molecular formula is C20H24N4O2. The van der Waals surface area contributed by atoms with Gasteiger partial charge in [0.2, 0.25) is 0 Å². The first-order valence-electron chi connectivity index (χ1n) is 8.67. The van der Waals surface area contributed by atoms with Crippen LogP contribution in [0.2, 0.25) is 0 Å². The molecule has 0 unspecified atom stereocenters. The first kappa shape index (κ1) is 18.1. The van der Waals surface area contributed by atoms with Crippen LogP contribution in [0, 0.1) is 6.92 Å². The maximum atomic E-state index is 12.9. The number of aromatic nitrogens is 1. The van der Waals surface area contributed by atoms with Crippen LogP contribution in [0.1, 0.15) is 38.0 Å². The van der Waals surface area contributed by atoms with Crippen LogP contribution in [0.15, 0.2) is 42.5 Å². The molecule has 2 amide bonds. The molecule has 3 rings (SSSR count). The Bertz CT molecular complexity index is 820. The Balaban J connectivity index is 1.79. The van der Waals surface area contributed by atoms with Gasteiger partial charge in [-0.2, -0.15) is 0 Å². The lowest BCUT2D eigenvalue weighted by Crippen LogP contribution is -2.33. The zero-order chi connectivity index (χ0) is 18.8. The molecule has 1 fully saturated rings. The van der Waals surface area contributed by atoms with Gasteiger partial charge >= 0.3 is 0 Å². The van der Waals surface area contributed by atoms with Gasteiger partial charge in [-0.25, -0.2) is 4.98 Å². The van der Waals surface area contributed by atoms with E-state index >= 15 is 0 Å². The molecule has 6 heteroatoms. The van der Waals surface area contributed by atoms with Crippen LogP contribution in [0.25, 0.3) is 0 Å². The van der Waals surface area contributed by atoms with Gasteiger partial charge in [-0.3, -0.25) is 9.59 Å². The molecule has 2 heterocycles. The summed E-state index contributed by atoms with van der Waals surface area (Å²) in [6.07, 6.45) is 0. The van der Waals surface area contributed by atoms with Crippen molar-refractivity contribution in [3.05, 3.63) is 65.0 Å². The molecule has 26 heavy (non-hydrogen) atoms. The van der Waals surface area contributed by atoms with Crippen molar-refractivity contribution in [3.63, 3.8) is 0 Å². The first-order valence-corrected chi connectivity index (χ1v) is 8.67. The van der Waals surface area contributed by atoms with Crippen LogP contribution in [0.3, 0.4) is 0 Å². The minimum atomic E-state index is -0.181. The zero-order valence-electron chi connectivity index (χ0n) is 15.3. The van der Waals surface area contributed by atoms with E-state index in [-0.39, 0.29) is 23.8 Å². The molecule has 1 saturated heterocycles. The van der Waals surface area contributed by atoms with Crippen LogP contribution >= 0.6 is 0 Å². The van der Waals surface area contributed by atoms with Gasteiger partial charge in [0.1, 0.15) is 5.69 Å². The number of rotatable bonds is 3. The van der Waals surface area contributed by atoms with E-state index in [4.69, 9.17) is 5.73 Å². The van der Waals surface area contributed by atoms with Gasteiger partial charge in [-0.15, -0.1) is 0 Å². The summed E-state index contributed by atoms with van der Waals surface area (Å²) < 4.78 is 0. The predicted octanol–water partition coefficient (Wildman–Crippen LogP) is 1.66. The lowest BCUT2D eigenvalue weighted by molar-refractivity contribution is 0.0783. The Morgan fingerprint density at radius 3 is 2.42 bits per heavy atom. The number of likely N-dealkylation sites (tertiary alicyclic amines) is 1. The number of nitrogens with two attached hydrogens (primary N) is 1. The van der Waals surface area contributed by atoms with E-state index in [9.17, 15) is 9.59 Å². The quantitative estimate of drug-likeness (QED) is 0.911. The minimum Gasteiger partial charge on any atom is -0.343 e. The van der Waals surface area contributed by atoms with Crippen molar-refractivity contribution in [2.24, 2.45) is 5.73 Å². The van der Waals surface area contributed by atoms with Crippen molar-refractivity contribution < 1.29 is 9.59 Å². The molecule has 0 radical (unpaired) electrons. The highest BCUT2D eigenvalue weighted by Gasteiger charge is 2.34. The fraction of sp³-hybridized carbons (Fsp3) is 0.350. The average Bonchev–Trinajstić information content (AvgIpc) is 3.03. The average molecular weight is 352 g/mol. The van der Waals surface area contributed by atoms with Gasteiger partial charge in [0, 0.05) is 39.1 Å². The topological polar surface area (TPSA) is 79.5 Å². The fourth-order valence-electron chi connectivity index (χ4n) is 3.35. The standard InChI is InChI=1S/C20H24N4O2/c1-13-15(9-10-18(22-13)20(26)23(2)3)19(25)24-11-16(17(21)12-24)14-7-5-4-6-8-14/h4-10,16-17H,11-12,21H2,1-3H3/t16-,17+/m0/s1. The highest BCUT2D eigenvalue weighted by Crippen LogP contribution is 2.27. The molecule has 1 aromatic carbocycles. The molecule has 136 valence electrons. The van der Waals surface area contributed by atoms with E-state index < -0.39 is 0 Å². The number of hydrogen-bond donors (Lipinski definition) is 1. The molecule has 2 atom stereocenters. The van der Waals surface area contributed by atoms with Crippen LogP contribution in [0.5, 0.6) is 0 Å². The number of carbonyl (C=O) groups is 2. The first-order chi connectivity index (χ1) is 12.4. The van der Waals surface area contributed by atoms with Gasteiger partial charge in [0.05, 0.1) is 11.3 Å². The molecule has 6 nitrogen and oxygen atoms in total. The molecular weight excluding hydrogens is 328 g/mol. The third-order valence-electron chi connectivity index (χ3n) is 4.82. The van der Waals surface area contributed by atoms with Crippen molar-refractivity contribution in [1.82, 2.24) is 14.8 Å². The largest absolute Gasteiger partial charge is 0.343 e. The molecule has 2 N–H and O–H groups in total. The van der Waals surface area contributed by atoms with Gasteiger partial charge in [0.15, 0.2) is 0 Å². The zero-order valence-corrected chi connectivity index (χ0v) is 15.3. The predicted molar refractivity (Wildman–Crippen MR) is 100 cm³/mol. The Hall–Kier alpha value is -2.73. The lowest BCUT2D eigenvalue weighted by atomic mass is 9.95. The van der Waals surface area contributed by atoms with E-state index in [0.717, 1.165) is 5.56 Å². The highest BCUT2D eigenvalue weighted by molar-refractivity contribution is 5.97. The summed E-state index contributed by atoms with van der Waals surface area (Å²) in [4.78, 5) is 32.5. The molecule has 0 aliphatic carbocycles. The van der Waals surface area contributed by atoms with Gasteiger partial charge in [-0.05, 0) is 24.6 Å². The fourth-order valence-corrected chi connectivity index (χ4v) is 3.35. The van der Waals surface area contributed by atoms with Crippen LogP contribution in [-0.4, -0.2) is 59.8 Å². The summed E-state index contributed by atoms with van der Waals surface area (Å²) in [6, 6.07) is 13.2. The summed E-state index contributed by atoms with van der Waals surface area (Å²) >= 11 is 0. The number of amides is 2. The summed E-state index contributed by atoms with van der Waals surface area (Å²) in [5.74, 6) is -0.143. The number of benzene rings is 1. The summed E-state index contributed by atoms with van der Waals surface area (Å²) in [5, 5.41) is 0. The van der Waals surface area contributed by atoms with E-state index in [0.29, 0.717) is 30.0 Å². The molecule has 2 aromatic rings. The second kappa shape index (κ2) is 7.25. The van der Waals surface area contributed by atoms with Crippen molar-refractivity contribution in [1.29, 1.82) is 0 Å². The van der Waals surface area contributed by atoms with Crippen molar-refractivity contribution in [2.75, 3.05) is 27.2 Å². The monoisotopic (exact) mass is 352 g/mol. The third-order valence-corrected chi connectivity index (χ3v) is 4.82. The van der Waals surface area contributed by atoms with Gasteiger partial charge in [-0.1, -0.05) is 30.3 Å². The molecule has 0 spiro atoms. The van der Waals surface area contributed by atoms with Gasteiger partial charge < -0.3 is 15.5 Å². The Labute approximate surface area is 153 Å². The Morgan fingerprint density at radius 1 is 1.12 bits per heavy atom. The highest BCUT2D eigenvalue weighted by atomic mass is 16.2. The number of aryl methyl sites for hydroxylation is 1. The summed E-state index contributed by atoms with van der Waals surface area (Å²) in [6.45, 7) is 2.85. The maximum absolute atomic E-state index is 12.9. The van der Waals surface area contributed by atoms with Crippen LogP contribution in [-0.2, 0) is 0 Å². The number of pyridine rings is 1. The lowest BCUT2D eigenvalue weighted by Gasteiger charge is -2.18. The summed E-state index contributed by atoms with van der Waals surface area (Å²) in [7, 11) is 3.35. The second-order valence-electron chi connectivity index (χ2n) is 6.92. The SMILES string of the molecule is Cc1nc(C(=O)N(C)C)ccc1C(=O)N1C[C@@H](N)[C@H](c2ccccc2)C1. The van der Waals surface area contributed by atoms with E-state index in [1.54, 1.807) is 38.1 Å². The van der Waals surface area contributed by atoms with Crippen LogP contribution in [0.4, 0.5) is 0 Å². The van der Waals surface area contributed by atoms with Gasteiger partial charge in [0.25, 0.3) is 11.8 Å². The molecule has 0 saturated carbocycles. The van der Waals surface area contributed by atoms with Crippen molar-refractivity contribution in [2.45, 2.75) is 18.9 Å². The smallest absolute Gasteiger partial charge is 0.271 e. The van der Waals surface area contributed by atoms with E-state index in [1.807, 2.05) is 30.3 Å².